The lowest BCUT2D eigenvalue weighted by atomic mass is 10.1. The number of thioether (sulfide) groups is 1. The summed E-state index contributed by atoms with van der Waals surface area (Å²) in [6.45, 7) is -2.93. The number of nitrogens with zero attached hydrogens (tertiary/aromatic N) is 1. The van der Waals surface area contributed by atoms with Crippen molar-refractivity contribution in [3.63, 3.8) is 0 Å². The smallest absolute Gasteiger partial charge is 0.458 e. The van der Waals surface area contributed by atoms with E-state index in [0.29, 0.717) is 0 Å². The summed E-state index contributed by atoms with van der Waals surface area (Å²) >= 11 is -0.239. The Morgan fingerprint density at radius 3 is 1.85 bits per heavy atom. The molecule has 0 spiro atoms. The van der Waals surface area contributed by atoms with E-state index in [2.05, 4.69) is 4.74 Å². The quantitative estimate of drug-likeness (QED) is 0.0897. The first kappa shape index (κ1) is 35.4. The first-order chi connectivity index (χ1) is 17.6. The molecule has 0 unspecified atom stereocenters. The van der Waals surface area contributed by atoms with Gasteiger partial charge in [-0.25, -0.2) is 17.2 Å². The lowest BCUT2D eigenvalue weighted by molar-refractivity contribution is -0.388. The van der Waals surface area contributed by atoms with Crippen molar-refractivity contribution < 1.29 is 88.7 Å². The molecule has 0 atom stereocenters. The minimum atomic E-state index is -7.19. The van der Waals surface area contributed by atoms with Crippen molar-refractivity contribution in [1.29, 1.82) is 0 Å². The zero-order chi connectivity index (χ0) is 31.9. The second-order valence-electron chi connectivity index (χ2n) is 7.13. The fraction of sp³-hybridized carbons (Fsp3) is 0.562. The van der Waals surface area contributed by atoms with Gasteiger partial charge in [0.05, 0.1) is 20.5 Å². The van der Waals surface area contributed by atoms with Crippen LogP contribution >= 0.6 is 11.8 Å². The number of esters is 1. The summed E-state index contributed by atoms with van der Waals surface area (Å²) in [5, 5.41) is 4.22. The lowest BCUT2D eigenvalue weighted by Crippen LogP contribution is -2.59. The highest BCUT2D eigenvalue weighted by Gasteiger charge is 2.79. The van der Waals surface area contributed by atoms with Gasteiger partial charge in [-0.15, -0.1) is 11.8 Å². The molecular weight excluding hydrogens is 651 g/mol. The number of halogens is 15. The molecule has 0 amide bonds. The van der Waals surface area contributed by atoms with Crippen molar-refractivity contribution in [2.45, 2.75) is 51.3 Å². The third-order valence-electron chi connectivity index (χ3n) is 4.41. The van der Waals surface area contributed by atoms with Crippen molar-refractivity contribution in [1.82, 2.24) is 0 Å². The molecule has 0 aliphatic rings. The van der Waals surface area contributed by atoms with Gasteiger partial charge in [-0.05, 0) is 12.1 Å². The zero-order valence-corrected chi connectivity index (χ0v) is 19.7. The van der Waals surface area contributed by atoms with Gasteiger partial charge in [0.15, 0.2) is 6.61 Å². The van der Waals surface area contributed by atoms with E-state index in [1.807, 2.05) is 0 Å². The largest absolute Gasteiger partial charge is 0.461 e. The molecule has 0 N–H and O–H groups in total. The molecule has 1 rings (SSSR count). The summed E-state index contributed by atoms with van der Waals surface area (Å²) in [6.07, 6.45) is -12.4. The average molecular weight is 659 g/mol. The van der Waals surface area contributed by atoms with Crippen molar-refractivity contribution in [3.8, 4) is 0 Å². The summed E-state index contributed by atoms with van der Waals surface area (Å²) in [6, 6.07) is -0.487. The molecule has 0 aliphatic carbocycles. The summed E-state index contributed by atoms with van der Waals surface area (Å²) in [5.41, 5.74) is -1.65. The Bertz CT molecular complexity index is 1230. The fourth-order valence-electron chi connectivity index (χ4n) is 2.23. The molecule has 1 aromatic rings. The van der Waals surface area contributed by atoms with E-state index in [1.165, 1.54) is 0 Å². The number of ether oxygens (including phenoxy) is 1. The number of alkyl halides is 15. The second kappa shape index (κ2) is 11.0. The van der Waals surface area contributed by atoms with Crippen LogP contribution in [0.3, 0.4) is 0 Å². The van der Waals surface area contributed by atoms with E-state index >= 15 is 0 Å². The van der Waals surface area contributed by atoms with Gasteiger partial charge in [0.1, 0.15) is 0 Å². The van der Waals surface area contributed by atoms with Gasteiger partial charge in [-0.3, -0.25) is 14.9 Å². The Balaban J connectivity index is 3.18. The first-order valence-electron chi connectivity index (χ1n) is 9.15. The van der Waals surface area contributed by atoms with Crippen LogP contribution in [0, 0.1) is 10.1 Å². The molecule has 0 aliphatic heterocycles. The molecule has 230 valence electrons. The molecule has 7 nitrogen and oxygen atoms in total. The van der Waals surface area contributed by atoms with Gasteiger partial charge in [0.25, 0.3) is 15.5 Å². The molecule has 0 fully saturated rings. The number of rotatable bonds is 12. The van der Waals surface area contributed by atoms with Crippen molar-refractivity contribution in [2.24, 2.45) is 0 Å². The van der Waals surface area contributed by atoms with Gasteiger partial charge < -0.3 is 4.74 Å². The van der Waals surface area contributed by atoms with Gasteiger partial charge >= 0.3 is 47.5 Å². The minimum absolute atomic E-state index is 0.108. The van der Waals surface area contributed by atoms with E-state index in [0.717, 1.165) is 0 Å². The van der Waals surface area contributed by atoms with Crippen molar-refractivity contribution >= 4 is 33.3 Å². The van der Waals surface area contributed by atoms with Gasteiger partial charge in [-0.1, -0.05) is 0 Å². The van der Waals surface area contributed by atoms with Crippen LogP contribution in [0.2, 0.25) is 0 Å². The predicted molar refractivity (Wildman–Crippen MR) is 98.8 cm³/mol. The SMILES string of the molecule is O=C(CSc1ccc(S(=O)(=O)C(F)(F)C(F)(F)C(F)(F)F)cc1[N+](=O)[O-])OCC(F)(F)C(F)(F)C(F)(F)C(F)F. The second-order valence-corrected chi connectivity index (χ2v) is 10.1. The van der Waals surface area contributed by atoms with E-state index < -0.39 is 96.2 Å². The van der Waals surface area contributed by atoms with Crippen LogP contribution in [0.15, 0.2) is 28.0 Å². The molecule has 0 radical (unpaired) electrons. The van der Waals surface area contributed by atoms with Crippen LogP contribution in [0.25, 0.3) is 0 Å². The number of hydrogen-bond acceptors (Lipinski definition) is 7. The van der Waals surface area contributed by atoms with E-state index in [9.17, 15) is 89.2 Å². The average Bonchev–Trinajstić information content (AvgIpc) is 2.79. The van der Waals surface area contributed by atoms with Crippen molar-refractivity contribution in [2.75, 3.05) is 12.4 Å². The Labute approximate surface area is 214 Å². The van der Waals surface area contributed by atoms with Crippen LogP contribution in [-0.2, 0) is 19.4 Å². The van der Waals surface area contributed by atoms with Crippen LogP contribution < -0.4 is 0 Å². The molecule has 40 heavy (non-hydrogen) atoms. The number of benzene rings is 1. The molecule has 0 bridgehead atoms. The van der Waals surface area contributed by atoms with Crippen LogP contribution in [-0.4, -0.2) is 73.2 Å². The van der Waals surface area contributed by atoms with Gasteiger partial charge in [-0.2, -0.15) is 57.1 Å². The fourth-order valence-corrected chi connectivity index (χ4v) is 4.30. The lowest BCUT2D eigenvalue weighted by Gasteiger charge is -2.31. The number of sulfone groups is 1. The van der Waals surface area contributed by atoms with Gasteiger partial charge in [0, 0.05) is 6.07 Å². The topological polar surface area (TPSA) is 104 Å². The predicted octanol–water partition coefficient (Wildman–Crippen LogP) is 5.97. The highest BCUT2D eigenvalue weighted by molar-refractivity contribution is 8.00. The highest BCUT2D eigenvalue weighted by atomic mass is 32.2. The number of nitro benzene ring substituents is 1. The molecule has 0 aromatic heterocycles. The maximum absolute atomic E-state index is 13.7. The summed E-state index contributed by atoms with van der Waals surface area (Å²) in [4.78, 5) is 17.8. The van der Waals surface area contributed by atoms with Crippen LogP contribution in [0.5, 0.6) is 0 Å². The Kier molecular flexibility index (Phi) is 9.69. The monoisotopic (exact) mass is 659 g/mol. The Morgan fingerprint density at radius 1 is 0.925 bits per heavy atom. The van der Waals surface area contributed by atoms with Crippen molar-refractivity contribution in [3.05, 3.63) is 28.3 Å². The summed E-state index contributed by atoms with van der Waals surface area (Å²) in [7, 11) is -7.02. The third kappa shape index (κ3) is 6.15. The minimum Gasteiger partial charge on any atom is -0.458 e. The van der Waals surface area contributed by atoms with E-state index in [1.54, 1.807) is 0 Å². The maximum Gasteiger partial charge on any atom is 0.461 e. The maximum atomic E-state index is 13.7. The molecule has 0 heterocycles. The number of hydrogen-bond donors (Lipinski definition) is 0. The molecular formula is C16H8F15NO6S2. The van der Waals surface area contributed by atoms with E-state index in [-0.39, 0.29) is 23.9 Å². The number of carbonyl (C=O) groups excluding carboxylic acids is 1. The number of carbonyl (C=O) groups is 1. The number of nitro groups is 1. The molecule has 0 saturated carbocycles. The highest BCUT2D eigenvalue weighted by Crippen LogP contribution is 2.51. The van der Waals surface area contributed by atoms with Crippen LogP contribution in [0.1, 0.15) is 0 Å². The van der Waals surface area contributed by atoms with Crippen LogP contribution in [0.4, 0.5) is 71.5 Å². The van der Waals surface area contributed by atoms with Gasteiger partial charge in [0.2, 0.25) is 0 Å². The molecule has 0 saturated heterocycles. The van der Waals surface area contributed by atoms with E-state index in [4.69, 9.17) is 0 Å². The standard InChI is InChI=1S/C16H8F15NO6S2/c17-10(18)12(21,22)13(23,24)11(19,20)5-38-9(33)4-39-8-2-1-6(3-7(8)32(34)35)40(36,37)16(30,31)14(25,26)15(27,28)29/h1-3,10H,4-5H2. The molecule has 24 heteroatoms. The Hall–Kier alpha value is -2.66. The summed E-state index contributed by atoms with van der Waals surface area (Å²) in [5.74, 6) is -30.2. The zero-order valence-electron chi connectivity index (χ0n) is 18.1. The normalized spacial score (nSPS) is 14.4. The Morgan fingerprint density at radius 2 is 1.43 bits per heavy atom. The molecule has 1 aromatic carbocycles. The third-order valence-corrected chi connectivity index (χ3v) is 7.25. The summed E-state index contributed by atoms with van der Waals surface area (Å²) < 4.78 is 221. The first-order valence-corrected chi connectivity index (χ1v) is 11.6.